The summed E-state index contributed by atoms with van der Waals surface area (Å²) in [4.78, 5) is 32.2. The van der Waals surface area contributed by atoms with Crippen LogP contribution in [-0.4, -0.2) is 37.0 Å². The zero-order valence-corrected chi connectivity index (χ0v) is 19.8. The van der Waals surface area contributed by atoms with Crippen LogP contribution in [0.25, 0.3) is 0 Å². The maximum absolute atomic E-state index is 12.8. The number of carbonyl (C=O) groups is 2. The second-order valence-corrected chi connectivity index (χ2v) is 8.63. The van der Waals surface area contributed by atoms with Crippen LogP contribution in [0.4, 0.5) is 17.2 Å². The molecule has 1 aliphatic heterocycles. The molecule has 0 unspecified atom stereocenters. The molecule has 0 aliphatic carbocycles. The third-order valence-electron chi connectivity index (χ3n) is 6.20. The lowest BCUT2D eigenvalue weighted by Gasteiger charge is -2.32. The number of nitrogens with one attached hydrogen (secondary N) is 2. The molecule has 3 aromatic rings. The van der Waals surface area contributed by atoms with Gasteiger partial charge in [0.05, 0.1) is 12.8 Å². The Bertz CT molecular complexity index is 1190. The zero-order chi connectivity index (χ0) is 24.1. The summed E-state index contributed by atoms with van der Waals surface area (Å²) >= 11 is 0. The van der Waals surface area contributed by atoms with Gasteiger partial charge in [-0.15, -0.1) is 0 Å². The number of piperidine rings is 1. The first kappa shape index (κ1) is 23.3. The van der Waals surface area contributed by atoms with Gasteiger partial charge in [-0.05, 0) is 68.1 Å². The van der Waals surface area contributed by atoms with Gasteiger partial charge in [-0.25, -0.2) is 4.98 Å². The van der Waals surface area contributed by atoms with Crippen LogP contribution >= 0.6 is 0 Å². The van der Waals surface area contributed by atoms with Crippen molar-refractivity contribution in [2.75, 3.05) is 35.7 Å². The number of hydrogen-bond donors (Lipinski definition) is 2. The maximum Gasteiger partial charge on any atom is 0.255 e. The van der Waals surface area contributed by atoms with Crippen molar-refractivity contribution < 1.29 is 14.3 Å². The van der Waals surface area contributed by atoms with E-state index < -0.39 is 0 Å². The summed E-state index contributed by atoms with van der Waals surface area (Å²) in [6, 6.07) is 16.9. The van der Waals surface area contributed by atoms with Crippen molar-refractivity contribution in [1.82, 2.24) is 4.98 Å². The highest BCUT2D eigenvalue weighted by molar-refractivity contribution is 6.05. The number of rotatable bonds is 6. The predicted octanol–water partition coefficient (Wildman–Crippen LogP) is 4.81. The first-order chi connectivity index (χ1) is 16.4. The lowest BCUT2D eigenvalue weighted by Crippen LogP contribution is -2.38. The number of nitrogens with zero attached hydrogens (tertiary/aromatic N) is 2. The Kier molecular flexibility index (Phi) is 7.11. The summed E-state index contributed by atoms with van der Waals surface area (Å²) in [7, 11) is 1.57. The Morgan fingerprint density at radius 3 is 2.50 bits per heavy atom. The van der Waals surface area contributed by atoms with E-state index in [1.165, 1.54) is 0 Å². The van der Waals surface area contributed by atoms with Gasteiger partial charge in [-0.1, -0.05) is 24.3 Å². The second kappa shape index (κ2) is 10.4. The molecule has 0 spiro atoms. The fraction of sp³-hybridized carbons (Fsp3) is 0.296. The molecule has 1 aromatic heterocycles. The Balaban J connectivity index is 1.37. The molecule has 7 nitrogen and oxygen atoms in total. The van der Waals surface area contributed by atoms with E-state index in [4.69, 9.17) is 4.74 Å². The van der Waals surface area contributed by atoms with Crippen molar-refractivity contribution >= 4 is 29.0 Å². The number of hydrogen-bond acceptors (Lipinski definition) is 5. The summed E-state index contributed by atoms with van der Waals surface area (Å²) in [5.74, 6) is 1.13. The Labute approximate surface area is 200 Å². The number of benzene rings is 2. The number of amides is 2. The normalized spacial score (nSPS) is 13.9. The highest BCUT2D eigenvalue weighted by Gasteiger charge is 2.26. The van der Waals surface area contributed by atoms with Crippen LogP contribution in [0.3, 0.4) is 0 Å². The first-order valence-corrected chi connectivity index (χ1v) is 11.5. The first-order valence-electron chi connectivity index (χ1n) is 11.5. The van der Waals surface area contributed by atoms with E-state index in [9.17, 15) is 9.59 Å². The van der Waals surface area contributed by atoms with Crippen LogP contribution in [0.15, 0.2) is 60.8 Å². The number of pyridine rings is 1. The van der Waals surface area contributed by atoms with Crippen molar-refractivity contribution in [3.05, 3.63) is 77.5 Å². The molecular weight excluding hydrogens is 428 g/mol. The molecule has 2 amide bonds. The standard InChI is InChI=1S/C27H30N4O3/c1-18-8-9-19(2)23(16-18)30-26(32)20-11-14-31(15-12-20)25-17-21(10-13-28-25)27(33)29-22-6-4-5-7-24(22)34-3/h4-10,13,16-17,20H,11-12,14-15H2,1-3H3,(H,29,33)(H,30,32). The van der Waals surface area contributed by atoms with Gasteiger partial charge >= 0.3 is 0 Å². The molecule has 1 fully saturated rings. The molecule has 1 aliphatic rings. The van der Waals surface area contributed by atoms with Crippen LogP contribution in [0.5, 0.6) is 5.75 Å². The van der Waals surface area contributed by atoms with Gasteiger partial charge in [0, 0.05) is 36.5 Å². The van der Waals surface area contributed by atoms with Gasteiger partial charge in [-0.3, -0.25) is 9.59 Å². The summed E-state index contributed by atoms with van der Waals surface area (Å²) < 4.78 is 5.31. The Hall–Kier alpha value is -3.87. The van der Waals surface area contributed by atoms with Gasteiger partial charge in [0.15, 0.2) is 0 Å². The fourth-order valence-electron chi connectivity index (χ4n) is 4.15. The molecule has 1 saturated heterocycles. The van der Waals surface area contributed by atoms with E-state index >= 15 is 0 Å². The van der Waals surface area contributed by atoms with Gasteiger partial charge in [0.1, 0.15) is 11.6 Å². The number of anilines is 3. The van der Waals surface area contributed by atoms with E-state index in [1.807, 2.05) is 44.2 Å². The largest absolute Gasteiger partial charge is 0.495 e. The number of aromatic nitrogens is 1. The highest BCUT2D eigenvalue weighted by Crippen LogP contribution is 2.26. The molecule has 2 heterocycles. The van der Waals surface area contributed by atoms with E-state index in [2.05, 4.69) is 20.5 Å². The number of para-hydroxylation sites is 2. The molecule has 4 rings (SSSR count). The summed E-state index contributed by atoms with van der Waals surface area (Å²) in [5, 5.41) is 5.99. The number of carbonyl (C=O) groups excluding carboxylic acids is 2. The molecule has 176 valence electrons. The van der Waals surface area contributed by atoms with E-state index in [1.54, 1.807) is 37.6 Å². The van der Waals surface area contributed by atoms with Gasteiger partial charge in [0.25, 0.3) is 5.91 Å². The van der Waals surface area contributed by atoms with Crippen molar-refractivity contribution in [2.45, 2.75) is 26.7 Å². The van der Waals surface area contributed by atoms with Crippen LogP contribution < -0.4 is 20.3 Å². The zero-order valence-electron chi connectivity index (χ0n) is 19.8. The molecule has 0 bridgehead atoms. The van der Waals surface area contributed by atoms with Crippen molar-refractivity contribution in [3.63, 3.8) is 0 Å². The van der Waals surface area contributed by atoms with E-state index in [-0.39, 0.29) is 17.7 Å². The minimum Gasteiger partial charge on any atom is -0.495 e. The molecule has 0 atom stereocenters. The summed E-state index contributed by atoms with van der Waals surface area (Å²) in [6.07, 6.45) is 3.11. The average molecular weight is 459 g/mol. The molecule has 0 radical (unpaired) electrons. The van der Waals surface area contributed by atoms with Crippen molar-refractivity contribution in [3.8, 4) is 5.75 Å². The topological polar surface area (TPSA) is 83.6 Å². The Morgan fingerprint density at radius 1 is 0.971 bits per heavy atom. The SMILES string of the molecule is COc1ccccc1NC(=O)c1ccnc(N2CCC(C(=O)Nc3cc(C)ccc3C)CC2)c1. The molecule has 2 aromatic carbocycles. The maximum atomic E-state index is 12.8. The van der Waals surface area contributed by atoms with Crippen molar-refractivity contribution in [2.24, 2.45) is 5.92 Å². The van der Waals surface area contributed by atoms with Gasteiger partial charge in [0.2, 0.25) is 5.91 Å². The minimum atomic E-state index is -0.226. The minimum absolute atomic E-state index is 0.0480. The predicted molar refractivity (Wildman–Crippen MR) is 135 cm³/mol. The van der Waals surface area contributed by atoms with Crippen LogP contribution in [0, 0.1) is 19.8 Å². The van der Waals surface area contributed by atoms with Crippen LogP contribution in [0.1, 0.15) is 34.3 Å². The quantitative estimate of drug-likeness (QED) is 0.554. The van der Waals surface area contributed by atoms with E-state index in [0.29, 0.717) is 30.1 Å². The average Bonchev–Trinajstić information content (AvgIpc) is 2.86. The number of aryl methyl sites for hydroxylation is 2. The molecular formula is C27H30N4O3. The molecule has 2 N–H and O–H groups in total. The molecule has 7 heteroatoms. The Morgan fingerprint density at radius 2 is 1.74 bits per heavy atom. The van der Waals surface area contributed by atoms with Crippen molar-refractivity contribution in [1.29, 1.82) is 0 Å². The summed E-state index contributed by atoms with van der Waals surface area (Å²) in [5.41, 5.74) is 4.19. The van der Waals surface area contributed by atoms with Gasteiger partial charge < -0.3 is 20.3 Å². The number of methoxy groups -OCH3 is 1. The fourth-order valence-corrected chi connectivity index (χ4v) is 4.15. The number of ether oxygens (including phenoxy) is 1. The summed E-state index contributed by atoms with van der Waals surface area (Å²) in [6.45, 7) is 5.43. The molecule has 34 heavy (non-hydrogen) atoms. The third-order valence-corrected chi connectivity index (χ3v) is 6.20. The highest BCUT2D eigenvalue weighted by atomic mass is 16.5. The van der Waals surface area contributed by atoms with Crippen LogP contribution in [0.2, 0.25) is 0 Å². The second-order valence-electron chi connectivity index (χ2n) is 8.63. The monoisotopic (exact) mass is 458 g/mol. The van der Waals surface area contributed by atoms with Gasteiger partial charge in [-0.2, -0.15) is 0 Å². The molecule has 0 saturated carbocycles. The lowest BCUT2D eigenvalue weighted by atomic mass is 9.95. The van der Waals surface area contributed by atoms with Crippen LogP contribution in [-0.2, 0) is 4.79 Å². The lowest BCUT2D eigenvalue weighted by molar-refractivity contribution is -0.120. The third kappa shape index (κ3) is 5.36. The smallest absolute Gasteiger partial charge is 0.255 e. The van der Waals surface area contributed by atoms with E-state index in [0.717, 1.165) is 35.5 Å².